The number of hydrogen-bond donors (Lipinski definition) is 0. The Morgan fingerprint density at radius 1 is 1.11 bits per heavy atom. The summed E-state index contributed by atoms with van der Waals surface area (Å²) in [6.07, 6.45) is 0. The van der Waals surface area contributed by atoms with E-state index in [-0.39, 0.29) is 5.38 Å². The molecule has 0 aliphatic heterocycles. The average Bonchev–Trinajstić information content (AvgIpc) is 2.38. The Kier molecular flexibility index (Phi) is 4.54. The molecule has 0 bridgehead atoms. The standard InChI is InChI=1S/C16H16BrClO/c1-10-5-4-6-11(2)15(10)16(18)12-7-8-14(19-3)13(17)9-12/h4-9,16H,1-3H3. The van der Waals surface area contributed by atoms with Gasteiger partial charge < -0.3 is 4.74 Å². The van der Waals surface area contributed by atoms with Crippen molar-refractivity contribution in [1.29, 1.82) is 0 Å². The molecule has 1 atom stereocenters. The Morgan fingerprint density at radius 2 is 1.74 bits per heavy atom. The molecular weight excluding hydrogens is 324 g/mol. The van der Waals surface area contributed by atoms with Crippen LogP contribution in [-0.2, 0) is 0 Å². The molecule has 0 N–H and O–H groups in total. The fourth-order valence-electron chi connectivity index (χ4n) is 2.23. The van der Waals surface area contributed by atoms with Crippen molar-refractivity contribution in [1.82, 2.24) is 0 Å². The van der Waals surface area contributed by atoms with Gasteiger partial charge in [-0.05, 0) is 64.2 Å². The van der Waals surface area contributed by atoms with Crippen molar-refractivity contribution in [2.24, 2.45) is 0 Å². The Morgan fingerprint density at radius 3 is 2.26 bits per heavy atom. The minimum Gasteiger partial charge on any atom is -0.496 e. The van der Waals surface area contributed by atoms with Gasteiger partial charge in [0, 0.05) is 0 Å². The van der Waals surface area contributed by atoms with Gasteiger partial charge in [-0.25, -0.2) is 0 Å². The molecule has 0 saturated carbocycles. The van der Waals surface area contributed by atoms with Crippen molar-refractivity contribution in [3.8, 4) is 5.75 Å². The zero-order valence-electron chi connectivity index (χ0n) is 11.2. The first-order chi connectivity index (χ1) is 9.04. The van der Waals surface area contributed by atoms with Crippen LogP contribution in [-0.4, -0.2) is 7.11 Å². The summed E-state index contributed by atoms with van der Waals surface area (Å²) >= 11 is 10.1. The predicted molar refractivity (Wildman–Crippen MR) is 84.3 cm³/mol. The topological polar surface area (TPSA) is 9.23 Å². The molecule has 100 valence electrons. The lowest BCUT2D eigenvalue weighted by Crippen LogP contribution is -2.00. The lowest BCUT2D eigenvalue weighted by atomic mass is 9.96. The van der Waals surface area contributed by atoms with Crippen LogP contribution in [0, 0.1) is 13.8 Å². The van der Waals surface area contributed by atoms with Gasteiger partial charge in [-0.2, -0.15) is 0 Å². The summed E-state index contributed by atoms with van der Waals surface area (Å²) < 4.78 is 6.16. The predicted octanol–water partition coefficient (Wildman–Crippen LogP) is 5.40. The van der Waals surface area contributed by atoms with E-state index in [1.165, 1.54) is 16.7 Å². The van der Waals surface area contributed by atoms with Crippen molar-refractivity contribution in [2.75, 3.05) is 7.11 Å². The summed E-state index contributed by atoms with van der Waals surface area (Å²) in [5.74, 6) is 0.814. The molecule has 0 fully saturated rings. The number of ether oxygens (including phenoxy) is 1. The number of halogens is 2. The third-order valence-corrected chi connectivity index (χ3v) is 4.35. The molecule has 0 radical (unpaired) electrons. The van der Waals surface area contributed by atoms with Crippen LogP contribution in [0.4, 0.5) is 0 Å². The highest BCUT2D eigenvalue weighted by atomic mass is 79.9. The molecule has 19 heavy (non-hydrogen) atoms. The second-order valence-electron chi connectivity index (χ2n) is 4.56. The SMILES string of the molecule is COc1ccc(C(Cl)c2c(C)cccc2C)cc1Br. The van der Waals surface area contributed by atoms with Crippen LogP contribution in [0.2, 0.25) is 0 Å². The summed E-state index contributed by atoms with van der Waals surface area (Å²) in [6.45, 7) is 4.19. The number of hydrogen-bond acceptors (Lipinski definition) is 1. The van der Waals surface area contributed by atoms with E-state index >= 15 is 0 Å². The number of benzene rings is 2. The van der Waals surface area contributed by atoms with Crippen LogP contribution in [0.1, 0.15) is 27.6 Å². The lowest BCUT2D eigenvalue weighted by molar-refractivity contribution is 0.412. The van der Waals surface area contributed by atoms with Gasteiger partial charge in [-0.3, -0.25) is 0 Å². The first-order valence-electron chi connectivity index (χ1n) is 6.08. The number of aryl methyl sites for hydroxylation is 2. The maximum atomic E-state index is 6.65. The largest absolute Gasteiger partial charge is 0.496 e. The van der Waals surface area contributed by atoms with Crippen molar-refractivity contribution in [3.05, 3.63) is 63.1 Å². The van der Waals surface area contributed by atoms with Crippen LogP contribution >= 0.6 is 27.5 Å². The van der Waals surface area contributed by atoms with Crippen molar-refractivity contribution < 1.29 is 4.74 Å². The fraction of sp³-hybridized carbons (Fsp3) is 0.250. The summed E-state index contributed by atoms with van der Waals surface area (Å²) in [4.78, 5) is 0. The van der Waals surface area contributed by atoms with Crippen LogP contribution in [0.3, 0.4) is 0 Å². The molecule has 0 aliphatic carbocycles. The molecule has 1 nitrogen and oxygen atoms in total. The first-order valence-corrected chi connectivity index (χ1v) is 7.31. The second-order valence-corrected chi connectivity index (χ2v) is 5.85. The van der Waals surface area contributed by atoms with Crippen molar-refractivity contribution in [2.45, 2.75) is 19.2 Å². The quantitative estimate of drug-likeness (QED) is 0.680. The normalized spacial score (nSPS) is 12.3. The summed E-state index contributed by atoms with van der Waals surface area (Å²) in [7, 11) is 1.66. The molecule has 0 heterocycles. The van der Waals surface area contributed by atoms with Gasteiger partial charge in [0.05, 0.1) is 17.0 Å². The fourth-order valence-corrected chi connectivity index (χ4v) is 3.27. The Labute approximate surface area is 127 Å². The van der Waals surface area contributed by atoms with Crippen LogP contribution in [0.25, 0.3) is 0 Å². The van der Waals surface area contributed by atoms with Gasteiger partial charge in [-0.1, -0.05) is 24.3 Å². The number of alkyl halides is 1. The van der Waals surface area contributed by atoms with E-state index in [0.29, 0.717) is 0 Å². The summed E-state index contributed by atoms with van der Waals surface area (Å²) in [6, 6.07) is 12.2. The third-order valence-electron chi connectivity index (χ3n) is 3.26. The minimum atomic E-state index is -0.150. The zero-order chi connectivity index (χ0) is 14.0. The maximum Gasteiger partial charge on any atom is 0.133 e. The van der Waals surface area contributed by atoms with Crippen LogP contribution < -0.4 is 4.74 Å². The van der Waals surface area contributed by atoms with Crippen LogP contribution in [0.5, 0.6) is 5.75 Å². The molecule has 0 aromatic heterocycles. The maximum absolute atomic E-state index is 6.65. The van der Waals surface area contributed by atoms with Gasteiger partial charge >= 0.3 is 0 Å². The van der Waals surface area contributed by atoms with E-state index in [1.807, 2.05) is 18.2 Å². The van der Waals surface area contributed by atoms with E-state index in [2.05, 4.69) is 48.0 Å². The molecule has 2 aromatic carbocycles. The van der Waals surface area contributed by atoms with Crippen LogP contribution in [0.15, 0.2) is 40.9 Å². The summed E-state index contributed by atoms with van der Waals surface area (Å²) in [5, 5.41) is -0.150. The Bertz CT molecular complexity index is 575. The smallest absolute Gasteiger partial charge is 0.133 e. The summed E-state index contributed by atoms with van der Waals surface area (Å²) in [5.41, 5.74) is 4.67. The molecule has 2 aromatic rings. The number of rotatable bonds is 3. The zero-order valence-corrected chi connectivity index (χ0v) is 13.5. The molecule has 0 amide bonds. The van der Waals surface area contributed by atoms with E-state index in [4.69, 9.17) is 16.3 Å². The molecule has 1 unspecified atom stereocenters. The van der Waals surface area contributed by atoms with Crippen molar-refractivity contribution >= 4 is 27.5 Å². The van der Waals surface area contributed by atoms with E-state index in [0.717, 1.165) is 15.8 Å². The monoisotopic (exact) mass is 338 g/mol. The Balaban J connectivity index is 2.44. The molecule has 0 aliphatic rings. The van der Waals surface area contributed by atoms with Crippen molar-refractivity contribution in [3.63, 3.8) is 0 Å². The van der Waals surface area contributed by atoms with Gasteiger partial charge in [0.2, 0.25) is 0 Å². The second kappa shape index (κ2) is 5.98. The average molecular weight is 340 g/mol. The Hall–Kier alpha value is -0.990. The first kappa shape index (κ1) is 14.4. The van der Waals surface area contributed by atoms with Gasteiger partial charge in [0.1, 0.15) is 5.75 Å². The highest BCUT2D eigenvalue weighted by Gasteiger charge is 2.16. The van der Waals surface area contributed by atoms with E-state index in [1.54, 1.807) is 7.11 Å². The highest BCUT2D eigenvalue weighted by molar-refractivity contribution is 9.10. The van der Waals surface area contributed by atoms with Gasteiger partial charge in [-0.15, -0.1) is 11.6 Å². The van der Waals surface area contributed by atoms with Gasteiger partial charge in [0.25, 0.3) is 0 Å². The third kappa shape index (κ3) is 2.96. The van der Waals surface area contributed by atoms with E-state index < -0.39 is 0 Å². The number of methoxy groups -OCH3 is 1. The lowest BCUT2D eigenvalue weighted by Gasteiger charge is -2.17. The highest BCUT2D eigenvalue weighted by Crippen LogP contribution is 2.36. The minimum absolute atomic E-state index is 0.150. The molecule has 2 rings (SSSR count). The molecule has 3 heteroatoms. The van der Waals surface area contributed by atoms with E-state index in [9.17, 15) is 0 Å². The van der Waals surface area contributed by atoms with Gasteiger partial charge in [0.15, 0.2) is 0 Å². The molecule has 0 saturated heterocycles. The molecule has 0 spiro atoms. The molecular formula is C16H16BrClO.